The molecular weight excluding hydrogens is 327 g/mol. The molecule has 0 saturated heterocycles. The summed E-state index contributed by atoms with van der Waals surface area (Å²) in [5, 5.41) is 8.96. The van der Waals surface area contributed by atoms with Gasteiger partial charge in [-0.05, 0) is 77.5 Å². The van der Waals surface area contributed by atoms with Crippen LogP contribution in [0.4, 0.5) is 4.39 Å². The Bertz CT molecular complexity index is 959. The average Bonchev–Trinajstić information content (AvgIpc) is 3.03. The van der Waals surface area contributed by atoms with Gasteiger partial charge in [0.05, 0.1) is 5.56 Å². The van der Waals surface area contributed by atoms with Crippen molar-refractivity contribution >= 4 is 17.6 Å². The highest BCUT2D eigenvalue weighted by Gasteiger charge is 2.52. The van der Waals surface area contributed by atoms with Gasteiger partial charge in [-0.2, -0.15) is 0 Å². The van der Waals surface area contributed by atoms with E-state index in [1.807, 2.05) is 6.92 Å². The minimum atomic E-state index is -1.12. The lowest BCUT2D eigenvalue weighted by Gasteiger charge is -2.27. The quantitative estimate of drug-likeness (QED) is 0.711. The third-order valence-electron chi connectivity index (χ3n) is 6.40. The first-order valence-electron chi connectivity index (χ1n) is 9.08. The van der Waals surface area contributed by atoms with Crippen LogP contribution in [0.25, 0.3) is 11.6 Å². The van der Waals surface area contributed by atoms with Gasteiger partial charge in [0.1, 0.15) is 5.82 Å². The van der Waals surface area contributed by atoms with Gasteiger partial charge in [0.25, 0.3) is 0 Å². The predicted molar refractivity (Wildman–Crippen MR) is 102 cm³/mol. The van der Waals surface area contributed by atoms with Crippen LogP contribution in [0.3, 0.4) is 0 Å². The SMILES string of the molecule is C/C(=C/c1ccc(C(=O)O)cc1F)c1ccc2c(c1)C1(C)CCC2(C)C1. The van der Waals surface area contributed by atoms with Gasteiger partial charge in [-0.25, -0.2) is 9.18 Å². The third-order valence-corrected chi connectivity index (χ3v) is 6.40. The topological polar surface area (TPSA) is 37.3 Å². The monoisotopic (exact) mass is 350 g/mol. The van der Waals surface area contributed by atoms with Gasteiger partial charge >= 0.3 is 5.97 Å². The molecule has 2 bridgehead atoms. The van der Waals surface area contributed by atoms with Gasteiger partial charge < -0.3 is 5.11 Å². The first-order valence-corrected chi connectivity index (χ1v) is 9.08. The molecule has 0 amide bonds. The van der Waals surface area contributed by atoms with Crippen molar-refractivity contribution in [3.8, 4) is 0 Å². The fraction of sp³-hybridized carbons (Fsp3) is 0.348. The van der Waals surface area contributed by atoms with Gasteiger partial charge in [0, 0.05) is 5.56 Å². The first kappa shape index (κ1) is 17.0. The number of fused-ring (bicyclic) bond motifs is 5. The molecule has 3 heteroatoms. The van der Waals surface area contributed by atoms with Crippen LogP contribution in [-0.2, 0) is 10.8 Å². The van der Waals surface area contributed by atoms with Gasteiger partial charge in [-0.1, -0.05) is 38.1 Å². The van der Waals surface area contributed by atoms with E-state index in [4.69, 9.17) is 5.11 Å². The van der Waals surface area contributed by atoms with Crippen LogP contribution in [-0.4, -0.2) is 11.1 Å². The molecule has 1 saturated carbocycles. The van der Waals surface area contributed by atoms with Gasteiger partial charge in [0.15, 0.2) is 0 Å². The van der Waals surface area contributed by atoms with Crippen molar-refractivity contribution in [2.75, 3.05) is 0 Å². The molecule has 2 aromatic carbocycles. The van der Waals surface area contributed by atoms with E-state index in [0.717, 1.165) is 17.2 Å². The van der Waals surface area contributed by atoms with E-state index in [2.05, 4.69) is 32.0 Å². The zero-order valence-corrected chi connectivity index (χ0v) is 15.4. The molecule has 2 aliphatic carbocycles. The van der Waals surface area contributed by atoms with E-state index in [-0.39, 0.29) is 11.0 Å². The Labute approximate surface area is 153 Å². The average molecular weight is 350 g/mol. The lowest BCUT2D eigenvalue weighted by Crippen LogP contribution is -2.18. The van der Waals surface area contributed by atoms with E-state index in [1.165, 1.54) is 42.5 Å². The van der Waals surface area contributed by atoms with Crippen LogP contribution in [0.15, 0.2) is 36.4 Å². The molecule has 2 unspecified atom stereocenters. The zero-order valence-electron chi connectivity index (χ0n) is 15.4. The molecule has 2 nitrogen and oxygen atoms in total. The molecule has 0 aliphatic heterocycles. The molecule has 4 rings (SSSR count). The Morgan fingerprint density at radius 2 is 1.69 bits per heavy atom. The summed E-state index contributed by atoms with van der Waals surface area (Å²) >= 11 is 0. The van der Waals surface area contributed by atoms with Crippen LogP contribution < -0.4 is 0 Å². The number of aromatic carboxylic acids is 1. The summed E-state index contributed by atoms with van der Waals surface area (Å²) in [5.74, 6) is -1.63. The Kier molecular flexibility index (Phi) is 3.62. The Hall–Kier alpha value is -2.42. The molecule has 0 spiro atoms. The number of carbonyl (C=O) groups is 1. The number of allylic oxidation sites excluding steroid dienone is 1. The normalized spacial score (nSPS) is 26.8. The maximum absolute atomic E-state index is 14.2. The lowest BCUT2D eigenvalue weighted by atomic mass is 9.77. The van der Waals surface area contributed by atoms with Crippen molar-refractivity contribution in [2.24, 2.45) is 0 Å². The standard InChI is InChI=1S/C23H23FO2/c1-14(10-16-4-5-17(21(25)26)12-20(16)24)15-6-7-18-19(11-15)23(3)9-8-22(18,2)13-23/h4-7,10-12H,8-9,13H2,1-3H3,(H,25,26)/b14-10-. The van der Waals surface area contributed by atoms with Gasteiger partial charge in [-0.3, -0.25) is 0 Å². The molecule has 1 fully saturated rings. The molecule has 134 valence electrons. The summed E-state index contributed by atoms with van der Waals surface area (Å²) in [6.07, 6.45) is 5.49. The summed E-state index contributed by atoms with van der Waals surface area (Å²) in [4.78, 5) is 11.0. The molecule has 1 N–H and O–H groups in total. The van der Waals surface area contributed by atoms with Crippen molar-refractivity contribution in [1.29, 1.82) is 0 Å². The summed E-state index contributed by atoms with van der Waals surface area (Å²) in [5.41, 5.74) is 5.93. The van der Waals surface area contributed by atoms with E-state index in [1.54, 1.807) is 6.08 Å². The summed E-state index contributed by atoms with van der Waals surface area (Å²) in [6, 6.07) is 10.7. The van der Waals surface area contributed by atoms with Crippen LogP contribution in [0.2, 0.25) is 0 Å². The smallest absolute Gasteiger partial charge is 0.335 e. The minimum absolute atomic E-state index is 0.0352. The fourth-order valence-corrected chi connectivity index (χ4v) is 4.96. The molecule has 2 atom stereocenters. The largest absolute Gasteiger partial charge is 0.478 e. The lowest BCUT2D eigenvalue weighted by molar-refractivity contribution is 0.0696. The van der Waals surface area contributed by atoms with Crippen molar-refractivity contribution in [3.63, 3.8) is 0 Å². The number of hydrogen-bond donors (Lipinski definition) is 1. The van der Waals surface area contributed by atoms with E-state index in [9.17, 15) is 9.18 Å². The molecule has 26 heavy (non-hydrogen) atoms. The summed E-state index contributed by atoms with van der Waals surface area (Å²) in [6.45, 7) is 6.70. The van der Waals surface area contributed by atoms with Gasteiger partial charge in [0.2, 0.25) is 0 Å². The molecular formula is C23H23FO2. The highest BCUT2D eigenvalue weighted by molar-refractivity contribution is 5.88. The molecule has 0 aromatic heterocycles. The van der Waals surface area contributed by atoms with Gasteiger partial charge in [-0.15, -0.1) is 0 Å². The molecule has 0 radical (unpaired) electrons. The maximum Gasteiger partial charge on any atom is 0.335 e. The van der Waals surface area contributed by atoms with Crippen LogP contribution in [0.5, 0.6) is 0 Å². The maximum atomic E-state index is 14.2. The predicted octanol–water partition coefficient (Wildman–Crippen LogP) is 5.80. The zero-order chi connectivity index (χ0) is 18.7. The highest BCUT2D eigenvalue weighted by atomic mass is 19.1. The molecule has 0 heterocycles. The number of carboxylic acid groups (broad SMARTS) is 1. The third kappa shape index (κ3) is 2.49. The Morgan fingerprint density at radius 1 is 1.04 bits per heavy atom. The number of hydrogen-bond acceptors (Lipinski definition) is 1. The van der Waals surface area contributed by atoms with E-state index < -0.39 is 11.8 Å². The number of rotatable bonds is 3. The second-order valence-electron chi connectivity index (χ2n) is 8.43. The first-order chi connectivity index (χ1) is 12.2. The van der Waals surface area contributed by atoms with E-state index in [0.29, 0.717) is 11.0 Å². The molecule has 2 aliphatic rings. The van der Waals surface area contributed by atoms with Crippen LogP contribution >= 0.6 is 0 Å². The van der Waals surface area contributed by atoms with Crippen molar-refractivity contribution < 1.29 is 14.3 Å². The van der Waals surface area contributed by atoms with Crippen molar-refractivity contribution in [1.82, 2.24) is 0 Å². The minimum Gasteiger partial charge on any atom is -0.478 e. The molecule has 2 aromatic rings. The van der Waals surface area contributed by atoms with Crippen LogP contribution in [0.1, 0.15) is 72.6 Å². The Morgan fingerprint density at radius 3 is 2.35 bits per heavy atom. The fourth-order valence-electron chi connectivity index (χ4n) is 4.96. The van der Waals surface area contributed by atoms with E-state index >= 15 is 0 Å². The summed E-state index contributed by atoms with van der Waals surface area (Å²) < 4.78 is 14.2. The van der Waals surface area contributed by atoms with Crippen LogP contribution in [0, 0.1) is 5.82 Å². The van der Waals surface area contributed by atoms with Crippen molar-refractivity contribution in [2.45, 2.75) is 50.9 Å². The number of halogens is 1. The van der Waals surface area contributed by atoms with Crippen molar-refractivity contribution in [3.05, 3.63) is 70.0 Å². The number of benzene rings is 2. The number of carboxylic acids is 1. The summed E-state index contributed by atoms with van der Waals surface area (Å²) in [7, 11) is 0. The second-order valence-corrected chi connectivity index (χ2v) is 8.43. The second kappa shape index (κ2) is 5.54. The highest BCUT2D eigenvalue weighted by Crippen LogP contribution is 2.60. The Balaban J connectivity index is 1.71.